The maximum absolute atomic E-state index is 13.0. The molecule has 1 atom stereocenters. The summed E-state index contributed by atoms with van der Waals surface area (Å²) in [6, 6.07) is 13.0. The molecule has 3 aromatic rings. The van der Waals surface area contributed by atoms with E-state index < -0.39 is 5.76 Å². The maximum Gasteiger partial charge on any atom is 0.419 e. The van der Waals surface area contributed by atoms with E-state index >= 15 is 0 Å². The third-order valence-corrected chi connectivity index (χ3v) is 4.45. The fourth-order valence-electron chi connectivity index (χ4n) is 2.79. The Balaban J connectivity index is 1.70. The molecule has 0 saturated heterocycles. The number of aryl methyl sites for hydroxylation is 1. The zero-order valence-electron chi connectivity index (χ0n) is 14.1. The number of oxazole rings is 1. The van der Waals surface area contributed by atoms with Gasteiger partial charge in [-0.05, 0) is 36.8 Å². The number of fused-ring (bicyclic) bond motifs is 1. The summed E-state index contributed by atoms with van der Waals surface area (Å²) in [5.41, 5.74) is 2.03. The zero-order valence-corrected chi connectivity index (χ0v) is 14.1. The average Bonchev–Trinajstić information content (AvgIpc) is 2.94. The second-order valence-corrected chi connectivity index (χ2v) is 5.97. The molecular formula is C19H19FN2O3. The number of aromatic nitrogens is 1. The number of para-hydroxylation sites is 2. The summed E-state index contributed by atoms with van der Waals surface area (Å²) in [4.78, 5) is 26.0. The van der Waals surface area contributed by atoms with Gasteiger partial charge in [0.15, 0.2) is 5.58 Å². The Morgan fingerprint density at radius 3 is 2.60 bits per heavy atom. The summed E-state index contributed by atoms with van der Waals surface area (Å²) in [6.07, 6.45) is 0.172. The fourth-order valence-corrected chi connectivity index (χ4v) is 2.79. The average molecular weight is 342 g/mol. The molecule has 0 aliphatic carbocycles. The second kappa shape index (κ2) is 6.93. The van der Waals surface area contributed by atoms with Gasteiger partial charge in [-0.1, -0.05) is 24.3 Å². The quantitative estimate of drug-likeness (QED) is 0.714. The number of hydrogen-bond donors (Lipinski definition) is 0. The van der Waals surface area contributed by atoms with Crippen LogP contribution in [-0.4, -0.2) is 22.4 Å². The van der Waals surface area contributed by atoms with Gasteiger partial charge in [0.05, 0.1) is 11.6 Å². The van der Waals surface area contributed by atoms with E-state index in [1.165, 1.54) is 16.7 Å². The topological polar surface area (TPSA) is 55.5 Å². The molecule has 0 saturated carbocycles. The number of nitrogens with zero attached hydrogens (tertiary/aromatic N) is 2. The number of rotatable bonds is 5. The lowest BCUT2D eigenvalue weighted by Crippen LogP contribution is -2.31. The molecule has 0 fully saturated rings. The fraction of sp³-hybridized carbons (Fsp3) is 0.263. The highest BCUT2D eigenvalue weighted by Gasteiger charge is 2.18. The largest absolute Gasteiger partial charge is 0.419 e. The molecule has 1 unspecified atom stereocenters. The molecule has 25 heavy (non-hydrogen) atoms. The molecular weight excluding hydrogens is 323 g/mol. The lowest BCUT2D eigenvalue weighted by atomic mass is 10.1. The first-order chi connectivity index (χ1) is 12.0. The van der Waals surface area contributed by atoms with Gasteiger partial charge in [-0.3, -0.25) is 9.36 Å². The smallest absolute Gasteiger partial charge is 0.408 e. The standard InChI is InChI=1S/C19H19FN2O3/c1-13(14-7-9-15(20)10-8-14)21(2)18(23)11-12-22-16-5-3-4-6-17(16)25-19(22)24/h3-10,13H,11-12H2,1-2H3. The molecule has 0 N–H and O–H groups in total. The lowest BCUT2D eigenvalue weighted by Gasteiger charge is -2.25. The van der Waals surface area contributed by atoms with Gasteiger partial charge >= 0.3 is 5.76 Å². The molecule has 0 aliphatic heterocycles. The minimum atomic E-state index is -0.469. The molecule has 3 rings (SSSR count). The first-order valence-electron chi connectivity index (χ1n) is 8.07. The van der Waals surface area contributed by atoms with Crippen molar-refractivity contribution in [1.29, 1.82) is 0 Å². The third-order valence-electron chi connectivity index (χ3n) is 4.45. The van der Waals surface area contributed by atoms with Crippen LogP contribution in [0.5, 0.6) is 0 Å². The highest BCUT2D eigenvalue weighted by atomic mass is 19.1. The normalized spacial score (nSPS) is 12.3. The first-order valence-corrected chi connectivity index (χ1v) is 8.07. The van der Waals surface area contributed by atoms with E-state index in [1.54, 1.807) is 42.3 Å². The second-order valence-electron chi connectivity index (χ2n) is 5.97. The minimum Gasteiger partial charge on any atom is -0.408 e. The van der Waals surface area contributed by atoms with Gasteiger partial charge in [-0.15, -0.1) is 0 Å². The molecule has 0 aliphatic rings. The van der Waals surface area contributed by atoms with Crippen molar-refractivity contribution in [2.24, 2.45) is 0 Å². The summed E-state index contributed by atoms with van der Waals surface area (Å²) in [5.74, 6) is -0.881. The Bertz CT molecular complexity index is 943. The molecule has 6 heteroatoms. The Morgan fingerprint density at radius 2 is 1.88 bits per heavy atom. The van der Waals surface area contributed by atoms with E-state index in [9.17, 15) is 14.0 Å². The minimum absolute atomic E-state index is 0.103. The molecule has 0 spiro atoms. The van der Waals surface area contributed by atoms with Gasteiger partial charge < -0.3 is 9.32 Å². The van der Waals surface area contributed by atoms with Crippen molar-refractivity contribution in [2.45, 2.75) is 25.9 Å². The van der Waals surface area contributed by atoms with Crippen LogP contribution in [0.4, 0.5) is 4.39 Å². The molecule has 0 bridgehead atoms. The van der Waals surface area contributed by atoms with Crippen LogP contribution in [-0.2, 0) is 11.3 Å². The number of hydrogen-bond acceptors (Lipinski definition) is 3. The monoisotopic (exact) mass is 342 g/mol. The van der Waals surface area contributed by atoms with E-state index in [0.717, 1.165) is 5.56 Å². The number of amides is 1. The summed E-state index contributed by atoms with van der Waals surface area (Å²) >= 11 is 0. The molecule has 1 aromatic heterocycles. The summed E-state index contributed by atoms with van der Waals surface area (Å²) in [6.45, 7) is 2.12. The lowest BCUT2D eigenvalue weighted by molar-refractivity contribution is -0.132. The van der Waals surface area contributed by atoms with Crippen molar-refractivity contribution in [2.75, 3.05) is 7.05 Å². The summed E-state index contributed by atoms with van der Waals surface area (Å²) in [7, 11) is 1.70. The highest BCUT2D eigenvalue weighted by Crippen LogP contribution is 2.20. The van der Waals surface area contributed by atoms with E-state index in [4.69, 9.17) is 4.42 Å². The van der Waals surface area contributed by atoms with Gasteiger partial charge in [0.2, 0.25) is 5.91 Å². The van der Waals surface area contributed by atoms with E-state index in [-0.39, 0.29) is 30.7 Å². The number of halogens is 1. The van der Waals surface area contributed by atoms with Crippen LogP contribution in [0.1, 0.15) is 24.9 Å². The molecule has 2 aromatic carbocycles. The van der Waals surface area contributed by atoms with Gasteiger partial charge in [0.25, 0.3) is 0 Å². The van der Waals surface area contributed by atoms with Crippen molar-refractivity contribution in [3.63, 3.8) is 0 Å². The van der Waals surface area contributed by atoms with Crippen LogP contribution in [0, 0.1) is 5.82 Å². The van der Waals surface area contributed by atoms with Crippen LogP contribution in [0.25, 0.3) is 11.1 Å². The zero-order chi connectivity index (χ0) is 18.0. The van der Waals surface area contributed by atoms with Crippen LogP contribution in [0.2, 0.25) is 0 Å². The molecule has 5 nitrogen and oxygen atoms in total. The van der Waals surface area contributed by atoms with Crippen molar-refractivity contribution >= 4 is 17.0 Å². The van der Waals surface area contributed by atoms with Gasteiger partial charge in [-0.25, -0.2) is 9.18 Å². The van der Waals surface area contributed by atoms with Crippen molar-refractivity contribution in [3.05, 3.63) is 70.5 Å². The maximum atomic E-state index is 13.0. The molecule has 0 radical (unpaired) electrons. The SMILES string of the molecule is CC(c1ccc(F)cc1)N(C)C(=O)CCn1c(=O)oc2ccccc21. The van der Waals surface area contributed by atoms with Crippen molar-refractivity contribution < 1.29 is 13.6 Å². The van der Waals surface area contributed by atoms with Crippen molar-refractivity contribution in [1.82, 2.24) is 9.47 Å². The molecule has 1 amide bonds. The van der Waals surface area contributed by atoms with E-state index in [0.29, 0.717) is 11.1 Å². The van der Waals surface area contributed by atoms with E-state index in [1.807, 2.05) is 13.0 Å². The van der Waals surface area contributed by atoms with E-state index in [2.05, 4.69) is 0 Å². The Morgan fingerprint density at radius 1 is 1.20 bits per heavy atom. The summed E-state index contributed by atoms with van der Waals surface area (Å²) < 4.78 is 19.7. The predicted molar refractivity (Wildman–Crippen MR) is 92.7 cm³/mol. The predicted octanol–water partition coefficient (Wildman–Crippen LogP) is 3.34. The first kappa shape index (κ1) is 17.0. The summed E-state index contributed by atoms with van der Waals surface area (Å²) in [5, 5.41) is 0. The molecule has 130 valence electrons. The van der Waals surface area contributed by atoms with Crippen molar-refractivity contribution in [3.8, 4) is 0 Å². The Hall–Kier alpha value is -2.89. The third kappa shape index (κ3) is 3.47. The number of carbonyl (C=O) groups excluding carboxylic acids is 1. The van der Waals surface area contributed by atoms with Crippen LogP contribution < -0.4 is 5.76 Å². The molecule has 1 heterocycles. The van der Waals surface area contributed by atoms with Gasteiger partial charge in [-0.2, -0.15) is 0 Å². The number of carbonyl (C=O) groups is 1. The number of benzene rings is 2. The Kier molecular flexibility index (Phi) is 4.70. The Labute approximate surface area is 144 Å². The van der Waals surface area contributed by atoms with Gasteiger partial charge in [0.1, 0.15) is 5.82 Å². The van der Waals surface area contributed by atoms with Crippen LogP contribution >= 0.6 is 0 Å². The van der Waals surface area contributed by atoms with Crippen LogP contribution in [0.15, 0.2) is 57.7 Å². The van der Waals surface area contributed by atoms with Gasteiger partial charge in [0, 0.05) is 20.0 Å². The highest BCUT2D eigenvalue weighted by molar-refractivity contribution is 5.77. The van der Waals surface area contributed by atoms with Crippen LogP contribution in [0.3, 0.4) is 0 Å².